The normalized spacial score (nSPS) is 12.3. The number of hydrogen-bond donors (Lipinski definition) is 0. The highest BCUT2D eigenvalue weighted by Gasteiger charge is 2.20. The lowest BCUT2D eigenvalue weighted by molar-refractivity contribution is 0.174. The second kappa shape index (κ2) is 7.47. The van der Waals surface area contributed by atoms with Gasteiger partial charge in [-0.2, -0.15) is 5.10 Å². The van der Waals surface area contributed by atoms with Gasteiger partial charge in [0.1, 0.15) is 0 Å². The van der Waals surface area contributed by atoms with Crippen LogP contribution in [0.2, 0.25) is 0 Å². The first-order valence-electron chi connectivity index (χ1n) is 9.92. The fourth-order valence-electron chi connectivity index (χ4n) is 3.91. The van der Waals surface area contributed by atoms with Crippen molar-refractivity contribution in [2.75, 3.05) is 6.79 Å². The van der Waals surface area contributed by atoms with Gasteiger partial charge < -0.3 is 9.47 Å². The second-order valence-electron chi connectivity index (χ2n) is 7.11. The molecule has 1 aliphatic heterocycles. The average molecular weight is 382 g/mol. The van der Waals surface area contributed by atoms with Crippen molar-refractivity contribution in [3.8, 4) is 34.0 Å². The number of fused-ring (bicyclic) bond motifs is 1. The molecule has 0 aliphatic carbocycles. The van der Waals surface area contributed by atoms with Gasteiger partial charge in [-0.15, -0.1) is 0 Å². The monoisotopic (exact) mass is 382 g/mol. The molecule has 0 saturated heterocycles. The zero-order valence-electron chi connectivity index (χ0n) is 16.3. The van der Waals surface area contributed by atoms with Gasteiger partial charge in [0.25, 0.3) is 0 Å². The maximum Gasteiger partial charge on any atom is 0.231 e. The molecule has 0 radical (unpaired) electrons. The predicted molar refractivity (Wildman–Crippen MR) is 114 cm³/mol. The third-order valence-electron chi connectivity index (χ3n) is 5.27. The van der Waals surface area contributed by atoms with Crippen molar-refractivity contribution in [1.29, 1.82) is 0 Å². The summed E-state index contributed by atoms with van der Waals surface area (Å²) < 4.78 is 13.1. The summed E-state index contributed by atoms with van der Waals surface area (Å²) in [5.74, 6) is 1.60. The van der Waals surface area contributed by atoms with Crippen molar-refractivity contribution in [2.24, 2.45) is 0 Å². The predicted octanol–water partition coefficient (Wildman–Crippen LogP) is 5.56. The molecule has 1 aromatic heterocycles. The summed E-state index contributed by atoms with van der Waals surface area (Å²) in [6.45, 7) is 3.15. The van der Waals surface area contributed by atoms with Crippen LogP contribution in [-0.2, 0) is 13.0 Å². The Morgan fingerprint density at radius 3 is 2.24 bits per heavy atom. The van der Waals surface area contributed by atoms with E-state index in [1.54, 1.807) is 0 Å². The Hall–Kier alpha value is -3.53. The van der Waals surface area contributed by atoms with Crippen molar-refractivity contribution in [1.82, 2.24) is 9.78 Å². The van der Waals surface area contributed by atoms with Gasteiger partial charge in [-0.05, 0) is 24.1 Å². The molecule has 1 aliphatic rings. The maximum absolute atomic E-state index is 5.56. The Balaban J connectivity index is 1.64. The summed E-state index contributed by atoms with van der Waals surface area (Å²) >= 11 is 0. The topological polar surface area (TPSA) is 36.3 Å². The smallest absolute Gasteiger partial charge is 0.231 e. The average Bonchev–Trinajstić information content (AvgIpc) is 3.39. The molecular weight excluding hydrogens is 360 g/mol. The molecule has 29 heavy (non-hydrogen) atoms. The van der Waals surface area contributed by atoms with Gasteiger partial charge in [-0.25, -0.2) is 0 Å². The largest absolute Gasteiger partial charge is 0.454 e. The minimum atomic E-state index is 0.286. The Morgan fingerprint density at radius 1 is 0.828 bits per heavy atom. The number of rotatable bonds is 5. The van der Waals surface area contributed by atoms with E-state index in [1.165, 1.54) is 16.8 Å². The van der Waals surface area contributed by atoms with Gasteiger partial charge >= 0.3 is 0 Å². The van der Waals surface area contributed by atoms with Crippen LogP contribution in [0.15, 0.2) is 78.9 Å². The minimum absolute atomic E-state index is 0.286. The zero-order valence-corrected chi connectivity index (χ0v) is 16.3. The lowest BCUT2D eigenvalue weighted by atomic mass is 10.00. The molecule has 0 unspecified atom stereocenters. The Labute approximate surface area is 170 Å². The second-order valence-corrected chi connectivity index (χ2v) is 7.11. The van der Waals surface area contributed by atoms with Crippen molar-refractivity contribution in [3.05, 3.63) is 90.0 Å². The van der Waals surface area contributed by atoms with E-state index in [1.807, 2.05) is 24.3 Å². The van der Waals surface area contributed by atoms with Crippen LogP contribution in [0.1, 0.15) is 18.1 Å². The summed E-state index contributed by atoms with van der Waals surface area (Å²) in [6.07, 6.45) is 0.912. The highest BCUT2D eigenvalue weighted by molar-refractivity contribution is 5.74. The lowest BCUT2D eigenvalue weighted by Gasteiger charge is -2.10. The maximum atomic E-state index is 5.56. The first-order valence-corrected chi connectivity index (χ1v) is 9.92. The Kier molecular flexibility index (Phi) is 4.53. The Morgan fingerprint density at radius 2 is 1.52 bits per heavy atom. The highest BCUT2D eigenvalue weighted by Crippen LogP contribution is 2.35. The van der Waals surface area contributed by atoms with Crippen LogP contribution >= 0.6 is 0 Å². The van der Waals surface area contributed by atoms with E-state index in [4.69, 9.17) is 14.6 Å². The van der Waals surface area contributed by atoms with E-state index in [2.05, 4.69) is 66.2 Å². The van der Waals surface area contributed by atoms with E-state index >= 15 is 0 Å². The molecule has 2 heterocycles. The number of aromatic nitrogens is 2. The van der Waals surface area contributed by atoms with Crippen LogP contribution in [-0.4, -0.2) is 16.6 Å². The zero-order chi connectivity index (χ0) is 19.6. The summed E-state index contributed by atoms with van der Waals surface area (Å²) in [5, 5.41) is 5.06. The molecule has 4 aromatic rings. The molecule has 0 bridgehead atoms. The van der Waals surface area contributed by atoms with Gasteiger partial charge in [0.2, 0.25) is 6.79 Å². The molecule has 0 atom stereocenters. The summed E-state index contributed by atoms with van der Waals surface area (Å²) in [4.78, 5) is 0. The molecule has 4 heteroatoms. The molecule has 0 N–H and O–H groups in total. The van der Waals surface area contributed by atoms with E-state index in [-0.39, 0.29) is 6.79 Å². The molecule has 0 spiro atoms. The molecule has 0 amide bonds. The third-order valence-corrected chi connectivity index (χ3v) is 5.27. The lowest BCUT2D eigenvalue weighted by Crippen LogP contribution is -2.04. The minimum Gasteiger partial charge on any atom is -0.454 e. The summed E-state index contributed by atoms with van der Waals surface area (Å²) in [6, 6.07) is 27.0. The molecule has 5 rings (SSSR count). The van der Waals surface area contributed by atoms with E-state index in [0.717, 1.165) is 34.7 Å². The molecule has 4 nitrogen and oxygen atoms in total. The molecule has 144 valence electrons. The van der Waals surface area contributed by atoms with Crippen molar-refractivity contribution in [2.45, 2.75) is 19.9 Å². The van der Waals surface area contributed by atoms with Gasteiger partial charge in [0.05, 0.1) is 17.9 Å². The van der Waals surface area contributed by atoms with Crippen LogP contribution in [0.4, 0.5) is 0 Å². The highest BCUT2D eigenvalue weighted by atomic mass is 16.7. The van der Waals surface area contributed by atoms with Gasteiger partial charge in [0, 0.05) is 16.7 Å². The van der Waals surface area contributed by atoms with Gasteiger partial charge in [-0.1, -0.05) is 73.7 Å². The van der Waals surface area contributed by atoms with Crippen LogP contribution in [0.5, 0.6) is 11.5 Å². The molecular formula is C25H22N2O2. The fourth-order valence-corrected chi connectivity index (χ4v) is 3.91. The van der Waals surface area contributed by atoms with Crippen molar-refractivity contribution >= 4 is 0 Å². The van der Waals surface area contributed by atoms with Crippen LogP contribution in [0.3, 0.4) is 0 Å². The first kappa shape index (κ1) is 17.6. The third kappa shape index (κ3) is 3.27. The number of nitrogens with zero attached hydrogens (tertiary/aromatic N) is 2. The van der Waals surface area contributed by atoms with Crippen molar-refractivity contribution < 1.29 is 9.47 Å². The van der Waals surface area contributed by atoms with Gasteiger partial charge in [0.15, 0.2) is 11.5 Å². The van der Waals surface area contributed by atoms with Crippen LogP contribution in [0.25, 0.3) is 22.5 Å². The standard InChI is InChI=1S/C25H22N2O2/c1-2-21-24(19-9-5-3-6-10-19)26-27(25(21)20-11-7-4-8-12-20)16-18-13-14-22-23(15-18)29-17-28-22/h3-15H,2,16-17H2,1H3. The van der Waals surface area contributed by atoms with Crippen molar-refractivity contribution in [3.63, 3.8) is 0 Å². The molecule has 0 fully saturated rings. The summed E-state index contributed by atoms with van der Waals surface area (Å²) in [7, 11) is 0. The number of benzene rings is 3. The molecule has 3 aromatic carbocycles. The van der Waals surface area contributed by atoms with Gasteiger partial charge in [-0.3, -0.25) is 4.68 Å². The molecule has 0 saturated carbocycles. The first-order chi connectivity index (χ1) is 14.3. The SMILES string of the molecule is CCc1c(-c2ccccc2)nn(Cc2ccc3c(c2)OCO3)c1-c1ccccc1. The summed E-state index contributed by atoms with van der Waals surface area (Å²) in [5.41, 5.74) is 6.95. The van der Waals surface area contributed by atoms with E-state index in [9.17, 15) is 0 Å². The quantitative estimate of drug-likeness (QED) is 0.454. The number of ether oxygens (including phenoxy) is 2. The van der Waals surface area contributed by atoms with E-state index < -0.39 is 0 Å². The van der Waals surface area contributed by atoms with Crippen LogP contribution in [0, 0.1) is 0 Å². The van der Waals surface area contributed by atoms with Crippen LogP contribution < -0.4 is 9.47 Å². The number of hydrogen-bond acceptors (Lipinski definition) is 3. The Bertz CT molecular complexity index is 1130. The fraction of sp³-hybridized carbons (Fsp3) is 0.160. The van der Waals surface area contributed by atoms with E-state index in [0.29, 0.717) is 6.54 Å².